The summed E-state index contributed by atoms with van der Waals surface area (Å²) in [5.41, 5.74) is 8.00. The van der Waals surface area contributed by atoms with Gasteiger partial charge in [-0.05, 0) is 47.5 Å². The quantitative estimate of drug-likeness (QED) is 0.597. The van der Waals surface area contributed by atoms with Gasteiger partial charge in [0.2, 0.25) is 0 Å². The number of nitrogens with two attached hydrogens (primary N) is 1. The minimum Gasteiger partial charge on any atom is -0.483 e. The topological polar surface area (TPSA) is 102 Å². The van der Waals surface area contributed by atoms with Crippen LogP contribution in [0.3, 0.4) is 0 Å². The predicted octanol–water partition coefficient (Wildman–Crippen LogP) is 3.32. The molecule has 4 N–H and O–H groups in total. The van der Waals surface area contributed by atoms with Gasteiger partial charge >= 0.3 is 5.97 Å². The maximum absolute atomic E-state index is 11.1. The fourth-order valence-electron chi connectivity index (χ4n) is 2.96. The van der Waals surface area contributed by atoms with E-state index in [0.29, 0.717) is 12.3 Å². The molecule has 0 aliphatic carbocycles. The first-order valence-corrected chi connectivity index (χ1v) is 8.45. The van der Waals surface area contributed by atoms with Crippen LogP contribution in [0.5, 0.6) is 5.75 Å². The zero-order chi connectivity index (χ0) is 19.4. The van der Waals surface area contributed by atoms with E-state index in [1.54, 1.807) is 18.2 Å². The molecule has 0 unspecified atom stereocenters. The summed E-state index contributed by atoms with van der Waals surface area (Å²) in [4.78, 5) is 22.2. The molecule has 6 nitrogen and oxygen atoms in total. The number of carboxylic acids is 1. The fourth-order valence-corrected chi connectivity index (χ4v) is 2.96. The number of rotatable bonds is 7. The Morgan fingerprint density at radius 1 is 1.11 bits per heavy atom. The van der Waals surface area contributed by atoms with Crippen LogP contribution in [0.1, 0.15) is 21.5 Å². The molecular weight excluding hydrogens is 344 g/mol. The number of fused-ring (bicyclic) bond motifs is 1. The molecule has 0 fully saturated rings. The first kappa shape index (κ1) is 18.3. The number of amides is 1. The molecular formula is C21H20N2O4. The molecule has 0 aliphatic heterocycles. The summed E-state index contributed by atoms with van der Waals surface area (Å²) in [6, 6.07) is 16.6. The third kappa shape index (κ3) is 4.17. The second-order valence-corrected chi connectivity index (χ2v) is 6.21. The first-order chi connectivity index (χ1) is 13.0. The molecule has 0 bridgehead atoms. The lowest BCUT2D eigenvalue weighted by Crippen LogP contribution is -2.20. The van der Waals surface area contributed by atoms with Crippen LogP contribution in [-0.2, 0) is 11.3 Å². The lowest BCUT2D eigenvalue weighted by atomic mass is 10.0. The summed E-state index contributed by atoms with van der Waals surface area (Å²) in [6.45, 7) is 2.10. The van der Waals surface area contributed by atoms with E-state index >= 15 is 0 Å². The molecule has 3 rings (SSSR count). The van der Waals surface area contributed by atoms with E-state index in [2.05, 4.69) is 5.32 Å². The van der Waals surface area contributed by atoms with Gasteiger partial charge in [0.1, 0.15) is 5.75 Å². The monoisotopic (exact) mass is 364 g/mol. The van der Waals surface area contributed by atoms with Gasteiger partial charge in [-0.15, -0.1) is 0 Å². The van der Waals surface area contributed by atoms with Crippen LogP contribution < -0.4 is 15.8 Å². The summed E-state index contributed by atoms with van der Waals surface area (Å²) < 4.78 is 5.58. The van der Waals surface area contributed by atoms with E-state index in [-0.39, 0.29) is 12.2 Å². The molecule has 0 heterocycles. The summed E-state index contributed by atoms with van der Waals surface area (Å²) in [5, 5.41) is 14.5. The van der Waals surface area contributed by atoms with Gasteiger partial charge in [-0.3, -0.25) is 4.79 Å². The summed E-state index contributed by atoms with van der Waals surface area (Å²) in [6.07, 6.45) is 0. The molecule has 0 saturated heterocycles. The minimum absolute atomic E-state index is 0.197. The number of aryl methyl sites for hydroxylation is 1. The van der Waals surface area contributed by atoms with E-state index in [1.165, 1.54) is 0 Å². The van der Waals surface area contributed by atoms with Gasteiger partial charge in [-0.1, -0.05) is 30.3 Å². The molecule has 0 radical (unpaired) electrons. The van der Waals surface area contributed by atoms with Crippen molar-refractivity contribution in [3.05, 3.63) is 71.3 Å². The second-order valence-electron chi connectivity index (χ2n) is 6.21. The molecule has 1 amide bonds. The SMILES string of the molecule is Cc1cc(C(=O)O)ccc1NCc1c(OCC(N)=O)ccc2ccccc12. The average Bonchev–Trinajstić information content (AvgIpc) is 2.65. The average molecular weight is 364 g/mol. The number of carbonyl (C=O) groups is 2. The Balaban J connectivity index is 1.91. The van der Waals surface area contributed by atoms with Crippen LogP contribution in [-0.4, -0.2) is 23.6 Å². The van der Waals surface area contributed by atoms with Gasteiger partial charge in [0.25, 0.3) is 5.91 Å². The first-order valence-electron chi connectivity index (χ1n) is 8.45. The predicted molar refractivity (Wildman–Crippen MR) is 104 cm³/mol. The van der Waals surface area contributed by atoms with Crippen molar-refractivity contribution < 1.29 is 19.4 Å². The molecule has 3 aromatic carbocycles. The number of aromatic carboxylic acids is 1. The van der Waals surface area contributed by atoms with Crippen molar-refractivity contribution in [2.45, 2.75) is 13.5 Å². The van der Waals surface area contributed by atoms with Gasteiger partial charge in [-0.25, -0.2) is 4.79 Å². The Hall–Kier alpha value is -3.54. The van der Waals surface area contributed by atoms with Crippen molar-refractivity contribution in [2.24, 2.45) is 5.73 Å². The lowest BCUT2D eigenvalue weighted by Gasteiger charge is -2.16. The number of anilines is 1. The Morgan fingerprint density at radius 2 is 1.89 bits per heavy atom. The zero-order valence-electron chi connectivity index (χ0n) is 14.9. The highest BCUT2D eigenvalue weighted by Crippen LogP contribution is 2.29. The number of ether oxygens (including phenoxy) is 1. The summed E-state index contributed by atoms with van der Waals surface area (Å²) in [5.74, 6) is -0.914. The van der Waals surface area contributed by atoms with Gasteiger partial charge in [0, 0.05) is 17.8 Å². The van der Waals surface area contributed by atoms with E-state index < -0.39 is 11.9 Å². The van der Waals surface area contributed by atoms with E-state index in [9.17, 15) is 9.59 Å². The summed E-state index contributed by atoms with van der Waals surface area (Å²) >= 11 is 0. The van der Waals surface area contributed by atoms with Crippen LogP contribution in [0.25, 0.3) is 10.8 Å². The molecule has 0 atom stereocenters. The van der Waals surface area contributed by atoms with Gasteiger partial charge < -0.3 is 20.9 Å². The minimum atomic E-state index is -0.958. The Labute approximate surface area is 156 Å². The van der Waals surface area contributed by atoms with Crippen molar-refractivity contribution in [3.8, 4) is 5.75 Å². The number of hydrogen-bond acceptors (Lipinski definition) is 4. The highest BCUT2D eigenvalue weighted by atomic mass is 16.5. The van der Waals surface area contributed by atoms with E-state index in [4.69, 9.17) is 15.6 Å². The van der Waals surface area contributed by atoms with Crippen LogP contribution in [0, 0.1) is 6.92 Å². The maximum Gasteiger partial charge on any atom is 0.335 e. The fraction of sp³-hybridized carbons (Fsp3) is 0.143. The van der Waals surface area contributed by atoms with Gasteiger partial charge in [0.15, 0.2) is 6.61 Å². The molecule has 27 heavy (non-hydrogen) atoms. The van der Waals surface area contributed by atoms with E-state index in [0.717, 1.165) is 27.6 Å². The van der Waals surface area contributed by atoms with Gasteiger partial charge in [-0.2, -0.15) is 0 Å². The normalized spacial score (nSPS) is 10.6. The van der Waals surface area contributed by atoms with Crippen LogP contribution in [0.2, 0.25) is 0 Å². The highest BCUT2D eigenvalue weighted by Gasteiger charge is 2.11. The van der Waals surface area contributed by atoms with Crippen molar-refractivity contribution in [2.75, 3.05) is 11.9 Å². The Kier molecular flexibility index (Phi) is 5.26. The molecule has 6 heteroatoms. The van der Waals surface area contributed by atoms with Crippen LogP contribution >= 0.6 is 0 Å². The highest BCUT2D eigenvalue weighted by molar-refractivity contribution is 5.89. The van der Waals surface area contributed by atoms with Crippen molar-refractivity contribution in [1.82, 2.24) is 0 Å². The van der Waals surface area contributed by atoms with Crippen LogP contribution in [0.15, 0.2) is 54.6 Å². The summed E-state index contributed by atoms with van der Waals surface area (Å²) in [7, 11) is 0. The number of carboxylic acid groups (broad SMARTS) is 1. The standard InChI is InChI=1S/C21H20N2O4/c1-13-10-15(21(25)26)6-8-18(13)23-11-17-16-5-3-2-4-14(16)7-9-19(17)27-12-20(22)24/h2-10,23H,11-12H2,1H3,(H2,22,24)(H,25,26). The number of nitrogens with one attached hydrogen (secondary N) is 1. The molecule has 3 aromatic rings. The molecule has 0 aliphatic rings. The molecule has 0 saturated carbocycles. The van der Waals surface area contributed by atoms with Crippen LogP contribution in [0.4, 0.5) is 5.69 Å². The number of benzene rings is 3. The number of hydrogen-bond donors (Lipinski definition) is 3. The second kappa shape index (κ2) is 7.78. The Morgan fingerprint density at radius 3 is 2.59 bits per heavy atom. The van der Waals surface area contributed by atoms with Crippen molar-refractivity contribution in [1.29, 1.82) is 0 Å². The number of carbonyl (C=O) groups excluding carboxylic acids is 1. The third-order valence-electron chi connectivity index (χ3n) is 4.30. The molecule has 138 valence electrons. The van der Waals surface area contributed by atoms with E-state index in [1.807, 2.05) is 43.3 Å². The molecule has 0 aromatic heterocycles. The third-order valence-corrected chi connectivity index (χ3v) is 4.30. The Bertz CT molecular complexity index is 1010. The van der Waals surface area contributed by atoms with Crippen molar-refractivity contribution in [3.63, 3.8) is 0 Å². The zero-order valence-corrected chi connectivity index (χ0v) is 14.9. The number of primary amides is 1. The smallest absolute Gasteiger partial charge is 0.335 e. The largest absolute Gasteiger partial charge is 0.483 e. The molecule has 0 spiro atoms. The van der Waals surface area contributed by atoms with Crippen molar-refractivity contribution >= 4 is 28.3 Å². The van der Waals surface area contributed by atoms with Gasteiger partial charge in [0.05, 0.1) is 5.56 Å². The maximum atomic E-state index is 11.1. The lowest BCUT2D eigenvalue weighted by molar-refractivity contribution is -0.119.